The van der Waals surface area contributed by atoms with Crippen LogP contribution in [0.3, 0.4) is 0 Å². The molecule has 0 radical (unpaired) electrons. The number of aromatic nitrogens is 3. The number of hydrogen-bond donors (Lipinski definition) is 1. The van der Waals surface area contributed by atoms with Crippen molar-refractivity contribution in [1.82, 2.24) is 20.1 Å². The maximum atomic E-state index is 4.39. The SMILES string of the molecule is CCCn1ncnc1CC(NCC)c1cc(Br)cs1. The Kier molecular flexibility index (Phi) is 5.54. The number of rotatable bonds is 7. The molecule has 2 rings (SSSR count). The van der Waals surface area contributed by atoms with Crippen molar-refractivity contribution < 1.29 is 0 Å². The second-order valence-electron chi connectivity index (χ2n) is 4.38. The molecule has 1 N–H and O–H groups in total. The highest BCUT2D eigenvalue weighted by Crippen LogP contribution is 2.27. The van der Waals surface area contributed by atoms with Crippen molar-refractivity contribution in [3.8, 4) is 0 Å². The van der Waals surface area contributed by atoms with Gasteiger partial charge in [0.05, 0.1) is 0 Å². The normalized spacial score (nSPS) is 12.8. The van der Waals surface area contributed by atoms with Crippen LogP contribution in [-0.2, 0) is 13.0 Å². The lowest BCUT2D eigenvalue weighted by atomic mass is 10.1. The fourth-order valence-corrected chi connectivity index (χ4v) is 3.58. The number of aryl methyl sites for hydroxylation is 1. The van der Waals surface area contributed by atoms with E-state index in [0.29, 0.717) is 6.04 Å². The maximum Gasteiger partial charge on any atom is 0.138 e. The van der Waals surface area contributed by atoms with Gasteiger partial charge in [0, 0.05) is 33.7 Å². The lowest BCUT2D eigenvalue weighted by Crippen LogP contribution is -2.23. The van der Waals surface area contributed by atoms with Crippen LogP contribution in [0.5, 0.6) is 0 Å². The zero-order valence-corrected chi connectivity index (χ0v) is 13.7. The van der Waals surface area contributed by atoms with Crippen LogP contribution in [0.25, 0.3) is 0 Å². The van der Waals surface area contributed by atoms with Gasteiger partial charge >= 0.3 is 0 Å². The van der Waals surface area contributed by atoms with Crippen molar-refractivity contribution in [3.05, 3.63) is 32.9 Å². The smallest absolute Gasteiger partial charge is 0.138 e. The first kappa shape index (κ1) is 14.7. The van der Waals surface area contributed by atoms with Crippen LogP contribution in [0.15, 0.2) is 22.2 Å². The van der Waals surface area contributed by atoms with Gasteiger partial charge < -0.3 is 5.32 Å². The Hall–Kier alpha value is -0.720. The first-order valence-electron chi connectivity index (χ1n) is 6.58. The molecule has 6 heteroatoms. The lowest BCUT2D eigenvalue weighted by molar-refractivity contribution is 0.503. The van der Waals surface area contributed by atoms with Gasteiger partial charge in [-0.05, 0) is 35.0 Å². The topological polar surface area (TPSA) is 42.7 Å². The van der Waals surface area contributed by atoms with Crippen LogP contribution in [0.2, 0.25) is 0 Å². The number of nitrogens with one attached hydrogen (secondary N) is 1. The Morgan fingerprint density at radius 2 is 2.32 bits per heavy atom. The van der Waals surface area contributed by atoms with Gasteiger partial charge in [-0.3, -0.25) is 4.68 Å². The number of halogens is 1. The van der Waals surface area contributed by atoms with E-state index >= 15 is 0 Å². The van der Waals surface area contributed by atoms with Crippen LogP contribution in [0, 0.1) is 0 Å². The summed E-state index contributed by atoms with van der Waals surface area (Å²) >= 11 is 5.29. The number of hydrogen-bond acceptors (Lipinski definition) is 4. The zero-order chi connectivity index (χ0) is 13.7. The lowest BCUT2D eigenvalue weighted by Gasteiger charge is -2.16. The zero-order valence-electron chi connectivity index (χ0n) is 11.3. The summed E-state index contributed by atoms with van der Waals surface area (Å²) in [7, 11) is 0. The third-order valence-electron chi connectivity index (χ3n) is 2.90. The van der Waals surface area contributed by atoms with E-state index in [0.717, 1.165) is 36.2 Å². The van der Waals surface area contributed by atoms with E-state index in [1.54, 1.807) is 17.7 Å². The van der Waals surface area contributed by atoms with Gasteiger partial charge in [0.25, 0.3) is 0 Å². The largest absolute Gasteiger partial charge is 0.309 e. The molecule has 0 aliphatic carbocycles. The van der Waals surface area contributed by atoms with Crippen LogP contribution in [0.4, 0.5) is 0 Å². The van der Waals surface area contributed by atoms with Crippen LogP contribution < -0.4 is 5.32 Å². The fourth-order valence-electron chi connectivity index (χ4n) is 2.06. The van der Waals surface area contributed by atoms with Crippen LogP contribution in [-0.4, -0.2) is 21.3 Å². The summed E-state index contributed by atoms with van der Waals surface area (Å²) in [5, 5.41) is 9.94. The van der Waals surface area contributed by atoms with Crippen LogP contribution in [0.1, 0.15) is 37.0 Å². The molecular weight excluding hydrogens is 324 g/mol. The van der Waals surface area contributed by atoms with Gasteiger partial charge in [-0.25, -0.2) is 4.98 Å². The molecular formula is C13H19BrN4S. The Morgan fingerprint density at radius 1 is 1.47 bits per heavy atom. The molecule has 19 heavy (non-hydrogen) atoms. The third kappa shape index (κ3) is 3.87. The summed E-state index contributed by atoms with van der Waals surface area (Å²) in [6.45, 7) is 6.17. The van der Waals surface area contributed by atoms with Gasteiger partial charge in [-0.1, -0.05) is 13.8 Å². The van der Waals surface area contributed by atoms with Crippen molar-refractivity contribution in [3.63, 3.8) is 0 Å². The molecule has 0 aromatic carbocycles. The van der Waals surface area contributed by atoms with Gasteiger partial charge in [-0.2, -0.15) is 5.10 Å². The Bertz CT molecular complexity index is 508. The molecule has 0 amide bonds. The molecule has 0 saturated heterocycles. The summed E-state index contributed by atoms with van der Waals surface area (Å²) in [5.74, 6) is 1.05. The average molecular weight is 343 g/mol. The molecule has 2 heterocycles. The quantitative estimate of drug-likeness (QED) is 0.838. The molecule has 4 nitrogen and oxygen atoms in total. The summed E-state index contributed by atoms with van der Waals surface area (Å²) < 4.78 is 3.15. The molecule has 1 unspecified atom stereocenters. The minimum atomic E-state index is 0.307. The number of thiophene rings is 1. The molecule has 0 aliphatic heterocycles. The molecule has 0 saturated carbocycles. The number of nitrogens with zero attached hydrogens (tertiary/aromatic N) is 3. The molecule has 2 aromatic heterocycles. The van der Waals surface area contributed by atoms with Crippen molar-refractivity contribution in [1.29, 1.82) is 0 Å². The van der Waals surface area contributed by atoms with E-state index in [-0.39, 0.29) is 0 Å². The highest BCUT2D eigenvalue weighted by atomic mass is 79.9. The molecule has 0 aliphatic rings. The van der Waals surface area contributed by atoms with Crippen molar-refractivity contribution in [2.45, 2.75) is 39.3 Å². The van der Waals surface area contributed by atoms with Gasteiger partial charge in [0.2, 0.25) is 0 Å². The van der Waals surface area contributed by atoms with Crippen molar-refractivity contribution in [2.75, 3.05) is 6.54 Å². The van der Waals surface area contributed by atoms with E-state index in [1.165, 1.54) is 4.88 Å². The fraction of sp³-hybridized carbons (Fsp3) is 0.538. The van der Waals surface area contributed by atoms with E-state index in [1.807, 2.05) is 4.68 Å². The molecule has 2 aromatic rings. The standard InChI is InChI=1S/C13H19BrN4S/c1-3-5-18-13(16-9-17-18)7-11(15-4-2)12-6-10(14)8-19-12/h6,8-9,11,15H,3-5,7H2,1-2H3. The second-order valence-corrected chi connectivity index (χ2v) is 6.24. The highest BCUT2D eigenvalue weighted by Gasteiger charge is 2.16. The molecule has 0 spiro atoms. The Labute approximate surface area is 126 Å². The monoisotopic (exact) mass is 342 g/mol. The van der Waals surface area contributed by atoms with E-state index in [4.69, 9.17) is 0 Å². The minimum Gasteiger partial charge on any atom is -0.309 e. The van der Waals surface area contributed by atoms with Crippen molar-refractivity contribution in [2.24, 2.45) is 0 Å². The van der Waals surface area contributed by atoms with E-state index in [9.17, 15) is 0 Å². The summed E-state index contributed by atoms with van der Waals surface area (Å²) in [6, 6.07) is 2.49. The van der Waals surface area contributed by atoms with Crippen molar-refractivity contribution >= 4 is 27.3 Å². The third-order valence-corrected chi connectivity index (χ3v) is 4.71. The first-order valence-corrected chi connectivity index (χ1v) is 8.25. The molecule has 1 atom stereocenters. The summed E-state index contributed by atoms with van der Waals surface area (Å²) in [5.41, 5.74) is 0. The van der Waals surface area contributed by atoms with Gasteiger partial charge in [-0.15, -0.1) is 11.3 Å². The Balaban J connectivity index is 2.14. The average Bonchev–Trinajstić information content (AvgIpc) is 2.99. The van der Waals surface area contributed by atoms with E-state index in [2.05, 4.69) is 56.6 Å². The number of likely N-dealkylation sites (N-methyl/N-ethyl adjacent to an activating group) is 1. The van der Waals surface area contributed by atoms with Crippen LogP contribution >= 0.6 is 27.3 Å². The van der Waals surface area contributed by atoms with Gasteiger partial charge in [0.15, 0.2) is 0 Å². The highest BCUT2D eigenvalue weighted by molar-refractivity contribution is 9.10. The second kappa shape index (κ2) is 7.17. The molecule has 0 bridgehead atoms. The van der Waals surface area contributed by atoms with E-state index < -0.39 is 0 Å². The molecule has 0 fully saturated rings. The summed E-state index contributed by atoms with van der Waals surface area (Å²) in [4.78, 5) is 5.73. The Morgan fingerprint density at radius 3 is 2.95 bits per heavy atom. The molecule has 104 valence electrons. The predicted molar refractivity (Wildman–Crippen MR) is 82.5 cm³/mol. The summed E-state index contributed by atoms with van der Waals surface area (Å²) in [6.07, 6.45) is 3.60. The maximum absolute atomic E-state index is 4.39. The minimum absolute atomic E-state index is 0.307. The van der Waals surface area contributed by atoms with Gasteiger partial charge in [0.1, 0.15) is 12.2 Å². The first-order chi connectivity index (χ1) is 9.24. The predicted octanol–water partition coefficient (Wildman–Crippen LogP) is 3.41.